The molecule has 3 aliphatic rings. The first kappa shape index (κ1) is 29.3. The lowest BCUT2D eigenvalue weighted by molar-refractivity contribution is -0.195. The number of halogens is 2. The van der Waals surface area contributed by atoms with Crippen molar-refractivity contribution in [1.82, 2.24) is 14.8 Å². The zero-order chi connectivity index (χ0) is 27.2. The summed E-state index contributed by atoms with van der Waals surface area (Å²) in [6.45, 7) is 11.7. The molecule has 4 rings (SSSR count). The molecule has 2 saturated heterocycles. The highest BCUT2D eigenvalue weighted by Gasteiger charge is 2.46. The first-order valence-corrected chi connectivity index (χ1v) is 13.7. The monoisotopic (exact) mass is 522 g/mol. The molecule has 3 aliphatic heterocycles. The summed E-state index contributed by atoms with van der Waals surface area (Å²) in [6, 6.07) is 5.61. The molecule has 2 atom stereocenters. The molecule has 3 heterocycles. The van der Waals surface area contributed by atoms with Crippen LogP contribution in [0.2, 0.25) is 0 Å². The SMILES string of the molecule is CC.Cc1cc(C(=O)N2CCC3(CC2)CN(CC(F)F)CC(C2CCC=NN2C)O3)ccc1OC(C)C. The van der Waals surface area contributed by atoms with Gasteiger partial charge in [-0.3, -0.25) is 14.7 Å². The summed E-state index contributed by atoms with van der Waals surface area (Å²) in [5, 5.41) is 6.31. The Morgan fingerprint density at radius 1 is 1.24 bits per heavy atom. The van der Waals surface area contributed by atoms with E-state index in [9.17, 15) is 13.6 Å². The van der Waals surface area contributed by atoms with Crippen LogP contribution in [0.5, 0.6) is 5.75 Å². The van der Waals surface area contributed by atoms with Crippen LogP contribution in [-0.4, -0.2) is 97.0 Å². The summed E-state index contributed by atoms with van der Waals surface area (Å²) in [5.74, 6) is 0.768. The van der Waals surface area contributed by atoms with Crippen LogP contribution in [-0.2, 0) is 4.74 Å². The quantitative estimate of drug-likeness (QED) is 0.536. The molecule has 1 aromatic carbocycles. The van der Waals surface area contributed by atoms with E-state index in [0.717, 1.165) is 24.2 Å². The standard InChI is InChI=1S/C26H38F2N4O3.C2H6/c1-18(2)34-22-8-7-20(14-19(22)3)25(33)32-12-9-26(10-13-32)17-31(16-24(27)28)15-23(35-26)21-6-5-11-29-30(21)4;1-2/h7-8,11,14,18,21,23-24H,5-6,9-10,12-13,15-17H2,1-4H3;1-2H3. The predicted molar refractivity (Wildman–Crippen MR) is 143 cm³/mol. The summed E-state index contributed by atoms with van der Waals surface area (Å²) < 4.78 is 39.1. The van der Waals surface area contributed by atoms with Gasteiger partial charge in [0.05, 0.1) is 30.4 Å². The lowest BCUT2D eigenvalue weighted by Crippen LogP contribution is -2.64. The number of aryl methyl sites for hydroxylation is 1. The second-order valence-electron chi connectivity index (χ2n) is 10.4. The van der Waals surface area contributed by atoms with Crippen LogP contribution in [0.15, 0.2) is 23.3 Å². The Balaban J connectivity index is 0.00000186. The first-order valence-electron chi connectivity index (χ1n) is 13.7. The van der Waals surface area contributed by atoms with Crippen LogP contribution >= 0.6 is 0 Å². The number of likely N-dealkylation sites (N-methyl/N-ethyl adjacent to an activating group) is 1. The normalized spacial score (nSPS) is 23.8. The van der Waals surface area contributed by atoms with Gasteiger partial charge >= 0.3 is 0 Å². The van der Waals surface area contributed by atoms with Gasteiger partial charge < -0.3 is 14.4 Å². The van der Waals surface area contributed by atoms with Crippen molar-refractivity contribution in [2.75, 3.05) is 39.8 Å². The number of likely N-dealkylation sites (tertiary alicyclic amines) is 1. The number of alkyl halides is 2. The molecule has 0 aromatic heterocycles. The number of piperidine rings is 1. The summed E-state index contributed by atoms with van der Waals surface area (Å²) >= 11 is 0. The summed E-state index contributed by atoms with van der Waals surface area (Å²) in [6.07, 6.45) is 2.38. The molecule has 1 spiro atoms. The van der Waals surface area contributed by atoms with E-state index in [4.69, 9.17) is 9.47 Å². The van der Waals surface area contributed by atoms with E-state index in [1.807, 2.05) is 80.9 Å². The Kier molecular flexibility index (Phi) is 10.3. The number of hydrogen-bond donors (Lipinski definition) is 0. The Morgan fingerprint density at radius 3 is 2.54 bits per heavy atom. The lowest BCUT2D eigenvalue weighted by atomic mass is 9.87. The molecule has 37 heavy (non-hydrogen) atoms. The number of hydrazone groups is 1. The molecule has 0 N–H and O–H groups in total. The second-order valence-corrected chi connectivity index (χ2v) is 10.4. The highest BCUT2D eigenvalue weighted by molar-refractivity contribution is 5.94. The first-order chi connectivity index (χ1) is 17.7. The third kappa shape index (κ3) is 7.41. The number of carbonyl (C=O) groups is 1. The van der Waals surface area contributed by atoms with Gasteiger partial charge in [0.1, 0.15) is 5.75 Å². The van der Waals surface area contributed by atoms with Gasteiger partial charge in [-0.15, -0.1) is 0 Å². The second kappa shape index (κ2) is 13.0. The summed E-state index contributed by atoms with van der Waals surface area (Å²) in [5.41, 5.74) is 1.04. The zero-order valence-electron chi connectivity index (χ0n) is 23.3. The van der Waals surface area contributed by atoms with E-state index in [2.05, 4.69) is 5.10 Å². The minimum absolute atomic E-state index is 0.0165. The third-order valence-electron chi connectivity index (χ3n) is 7.26. The van der Waals surface area contributed by atoms with Crippen molar-refractivity contribution in [1.29, 1.82) is 0 Å². The maximum absolute atomic E-state index is 13.3. The Labute approximate surface area is 220 Å². The molecule has 0 aliphatic carbocycles. The molecular formula is C28H44F2N4O3. The van der Waals surface area contributed by atoms with Gasteiger partial charge in [-0.25, -0.2) is 8.78 Å². The van der Waals surface area contributed by atoms with E-state index < -0.39 is 12.0 Å². The van der Waals surface area contributed by atoms with Gasteiger partial charge in [-0.2, -0.15) is 5.10 Å². The maximum atomic E-state index is 13.3. The van der Waals surface area contributed by atoms with Crippen molar-refractivity contribution >= 4 is 12.1 Å². The van der Waals surface area contributed by atoms with E-state index in [0.29, 0.717) is 44.6 Å². The van der Waals surface area contributed by atoms with Gasteiger partial charge in [0, 0.05) is 45.0 Å². The van der Waals surface area contributed by atoms with Crippen LogP contribution in [0.1, 0.15) is 69.3 Å². The Bertz CT molecular complexity index is 919. The molecule has 2 fully saturated rings. The predicted octanol–water partition coefficient (Wildman–Crippen LogP) is 4.83. The van der Waals surface area contributed by atoms with Gasteiger partial charge in [-0.1, -0.05) is 13.8 Å². The number of benzene rings is 1. The maximum Gasteiger partial charge on any atom is 0.253 e. The number of hydrogen-bond acceptors (Lipinski definition) is 6. The number of rotatable bonds is 6. The van der Waals surface area contributed by atoms with Crippen LogP contribution < -0.4 is 4.74 Å². The number of amides is 1. The van der Waals surface area contributed by atoms with E-state index in [1.165, 1.54) is 0 Å². The van der Waals surface area contributed by atoms with Crippen LogP contribution in [0.3, 0.4) is 0 Å². The van der Waals surface area contributed by atoms with Crippen LogP contribution in [0.4, 0.5) is 8.78 Å². The van der Waals surface area contributed by atoms with Gasteiger partial charge in [0.25, 0.3) is 12.3 Å². The Hall–Kier alpha value is -2.26. The zero-order valence-corrected chi connectivity index (χ0v) is 23.3. The molecule has 7 nitrogen and oxygen atoms in total. The van der Waals surface area contributed by atoms with Crippen molar-refractivity contribution in [2.24, 2.45) is 5.10 Å². The average molecular weight is 523 g/mol. The highest BCUT2D eigenvalue weighted by atomic mass is 19.3. The fourth-order valence-corrected chi connectivity index (χ4v) is 5.53. The largest absolute Gasteiger partial charge is 0.491 e. The van der Waals surface area contributed by atoms with Gasteiger partial charge in [0.2, 0.25) is 0 Å². The fourth-order valence-electron chi connectivity index (χ4n) is 5.53. The molecule has 1 amide bonds. The van der Waals surface area contributed by atoms with Crippen molar-refractivity contribution in [3.8, 4) is 5.75 Å². The van der Waals surface area contributed by atoms with E-state index in [1.54, 1.807) is 0 Å². The average Bonchev–Trinajstić information content (AvgIpc) is 2.86. The minimum Gasteiger partial charge on any atom is -0.491 e. The molecule has 0 radical (unpaired) electrons. The molecule has 9 heteroatoms. The number of ether oxygens (including phenoxy) is 2. The molecule has 0 saturated carbocycles. The number of morpholine rings is 1. The lowest BCUT2D eigenvalue weighted by Gasteiger charge is -2.52. The van der Waals surface area contributed by atoms with Crippen LogP contribution in [0.25, 0.3) is 0 Å². The fraction of sp³-hybridized carbons (Fsp3) is 0.714. The van der Waals surface area contributed by atoms with E-state index >= 15 is 0 Å². The summed E-state index contributed by atoms with van der Waals surface area (Å²) in [7, 11) is 1.92. The molecule has 208 valence electrons. The van der Waals surface area contributed by atoms with Crippen molar-refractivity contribution in [3.05, 3.63) is 29.3 Å². The summed E-state index contributed by atoms with van der Waals surface area (Å²) in [4.78, 5) is 16.9. The molecule has 0 bridgehead atoms. The van der Waals surface area contributed by atoms with Crippen LogP contribution in [0, 0.1) is 6.92 Å². The Morgan fingerprint density at radius 2 is 1.95 bits per heavy atom. The molecule has 2 unspecified atom stereocenters. The molecule has 1 aromatic rings. The van der Waals surface area contributed by atoms with E-state index in [-0.39, 0.29) is 30.7 Å². The van der Waals surface area contributed by atoms with Crippen molar-refractivity contribution < 1.29 is 23.0 Å². The van der Waals surface area contributed by atoms with Crippen molar-refractivity contribution in [2.45, 2.75) is 90.6 Å². The smallest absolute Gasteiger partial charge is 0.253 e. The minimum atomic E-state index is -2.39. The van der Waals surface area contributed by atoms with Gasteiger partial charge in [-0.05, 0) is 70.2 Å². The van der Waals surface area contributed by atoms with Gasteiger partial charge in [0.15, 0.2) is 0 Å². The topological polar surface area (TPSA) is 57.6 Å². The highest BCUT2D eigenvalue weighted by Crippen LogP contribution is 2.36. The number of carbonyl (C=O) groups excluding carboxylic acids is 1. The third-order valence-corrected chi connectivity index (χ3v) is 7.26. The van der Waals surface area contributed by atoms with Crippen molar-refractivity contribution in [3.63, 3.8) is 0 Å². The number of nitrogens with zero attached hydrogens (tertiary/aromatic N) is 4. The molecular weight excluding hydrogens is 478 g/mol.